The molecule has 5 N–H and O–H groups in total. The standard InChI is InChI=1S/C68H118N12O12/c1-25-49-64(88)74(18)47(17)63(87)75(19)51(35-39(4)5)60(84)73-54(42(10)11)67(91)76(20)50(34-38(2)3)59(83)70-45(15)58(82)71-46(16)62(86)77(21)52(36-40(6)7)65(89)78(22)53(37-41(8)9)66(90)79(23)55(43(12)13)68(92)80(24)56(61(85)72-49)57(81)44(14)30-26-27-31-48-32-28-29-33-69-48/h28-29,32-33,38-47,49-57,81H,25-27,30-31,34-37H2,1-24H3,(H,70,83)(H,71,82)(H,72,85)(H,73,84)/t44-,45-,46+,47-,49-,50-,51+,52-,53-,54-,55-,56-,57-/m1/s1. The number of nitrogens with one attached hydrogen (secondary N) is 4. The Labute approximate surface area is 550 Å². The maximum absolute atomic E-state index is 15.4. The minimum atomic E-state index is -1.63. The number of aliphatic hydroxyl groups excluding tert-OH is 1. The molecule has 24 heteroatoms. The Morgan fingerprint density at radius 1 is 0.446 bits per heavy atom. The van der Waals surface area contributed by atoms with Crippen molar-refractivity contribution >= 4 is 65.0 Å². The lowest BCUT2D eigenvalue weighted by molar-refractivity contribution is -0.157. The van der Waals surface area contributed by atoms with E-state index >= 15 is 19.2 Å². The van der Waals surface area contributed by atoms with Gasteiger partial charge < -0.3 is 60.7 Å². The predicted molar refractivity (Wildman–Crippen MR) is 355 cm³/mol. The number of likely N-dealkylation sites (N-methyl/N-ethyl adjacent to an activating group) is 7. The van der Waals surface area contributed by atoms with Crippen LogP contribution in [0.2, 0.25) is 0 Å². The number of aliphatic hydroxyl groups is 1. The van der Waals surface area contributed by atoms with E-state index in [1.165, 1.54) is 99.5 Å². The summed E-state index contributed by atoms with van der Waals surface area (Å²) in [5, 5.41) is 23.5. The van der Waals surface area contributed by atoms with Crippen molar-refractivity contribution in [3.63, 3.8) is 0 Å². The summed E-state index contributed by atoms with van der Waals surface area (Å²) in [5.41, 5.74) is 0.895. The van der Waals surface area contributed by atoms with Crippen LogP contribution >= 0.6 is 0 Å². The lowest BCUT2D eigenvalue weighted by atomic mass is 9.90. The summed E-state index contributed by atoms with van der Waals surface area (Å²) in [5.74, 6) is -9.76. The minimum Gasteiger partial charge on any atom is -0.390 e. The van der Waals surface area contributed by atoms with Crippen molar-refractivity contribution in [1.82, 2.24) is 60.6 Å². The summed E-state index contributed by atoms with van der Waals surface area (Å²) in [6.45, 7) is 29.7. The lowest BCUT2D eigenvalue weighted by Gasteiger charge is -2.41. The molecule has 2 rings (SSSR count). The van der Waals surface area contributed by atoms with Crippen molar-refractivity contribution in [2.75, 3.05) is 49.3 Å². The van der Waals surface area contributed by atoms with Crippen molar-refractivity contribution < 1.29 is 57.8 Å². The number of hydrogen-bond donors (Lipinski definition) is 5. The molecule has 92 heavy (non-hydrogen) atoms. The highest BCUT2D eigenvalue weighted by molar-refractivity contribution is 6.00. The van der Waals surface area contributed by atoms with Gasteiger partial charge in [0.25, 0.3) is 0 Å². The van der Waals surface area contributed by atoms with Crippen LogP contribution < -0.4 is 21.3 Å². The number of pyridine rings is 1. The fraction of sp³-hybridized carbons (Fsp3) is 0.765. The molecule has 1 aromatic rings. The zero-order chi connectivity index (χ0) is 70.7. The number of amides is 11. The normalized spacial score (nSPS) is 26.4. The first-order valence-corrected chi connectivity index (χ1v) is 33.3. The van der Waals surface area contributed by atoms with E-state index in [1.54, 1.807) is 47.7 Å². The average Bonchev–Trinajstić information content (AvgIpc) is 0.824. The number of unbranched alkanes of at least 4 members (excludes halogenated alkanes) is 1. The zero-order valence-corrected chi connectivity index (χ0v) is 60.2. The first-order chi connectivity index (χ1) is 42.7. The van der Waals surface area contributed by atoms with Gasteiger partial charge in [0.05, 0.1) is 6.10 Å². The van der Waals surface area contributed by atoms with Crippen LogP contribution in [-0.4, -0.2) is 231 Å². The Bertz CT molecular complexity index is 2640. The first-order valence-electron chi connectivity index (χ1n) is 33.3. The number of nitrogens with zero attached hydrogens (tertiary/aromatic N) is 8. The highest BCUT2D eigenvalue weighted by Crippen LogP contribution is 2.27. The summed E-state index contributed by atoms with van der Waals surface area (Å²) in [7, 11) is 10.0. The number of aromatic nitrogens is 1. The molecule has 1 saturated heterocycles. The Balaban J connectivity index is 2.99. The largest absolute Gasteiger partial charge is 0.390 e. The number of aryl methyl sites for hydroxylation is 1. The van der Waals surface area contributed by atoms with Gasteiger partial charge in [0, 0.05) is 61.2 Å². The van der Waals surface area contributed by atoms with E-state index in [9.17, 15) is 38.7 Å². The van der Waals surface area contributed by atoms with Crippen LogP contribution in [0.5, 0.6) is 0 Å². The SMILES string of the molecule is CC[C@H]1NC(=O)[C@@H]([C@H](O)[C@H](C)CCCCc2ccccn2)N(C)C(=O)[C@@H](C(C)C)N(C)C(=O)[C@@H](CC(C)C)N(C)C(=O)[C@@H](CC(C)C)N(C)C(=O)[C@H](C)NC(=O)[C@@H](C)NC(=O)[C@@H](CC(C)C)N(C)C(=O)[C@@H](C(C)C)NC(=O)[C@H](CC(C)C)N(C)C(=O)[C@@H](C)N(C)C1=O. The van der Waals surface area contributed by atoms with E-state index in [1.807, 2.05) is 73.6 Å². The van der Waals surface area contributed by atoms with Crippen LogP contribution in [0.25, 0.3) is 0 Å². The predicted octanol–water partition coefficient (Wildman–Crippen LogP) is 4.50. The molecule has 0 spiro atoms. The van der Waals surface area contributed by atoms with E-state index < -0.39 is 155 Å². The van der Waals surface area contributed by atoms with Gasteiger partial charge in [-0.3, -0.25) is 57.7 Å². The number of carbonyl (C=O) groups excluding carboxylic acids is 11. The van der Waals surface area contributed by atoms with Gasteiger partial charge in [0.1, 0.15) is 66.5 Å². The van der Waals surface area contributed by atoms with E-state index in [2.05, 4.69) is 26.3 Å². The molecule has 13 atom stereocenters. The second-order valence-corrected chi connectivity index (χ2v) is 28.2. The smallest absolute Gasteiger partial charge is 0.246 e. The molecular formula is C68H118N12O12. The quantitative estimate of drug-likeness (QED) is 0.127. The third kappa shape index (κ3) is 22.5. The molecule has 24 nitrogen and oxygen atoms in total. The van der Waals surface area contributed by atoms with Gasteiger partial charge in [0.2, 0.25) is 65.0 Å². The Morgan fingerprint density at radius 3 is 1.36 bits per heavy atom. The third-order valence-corrected chi connectivity index (χ3v) is 17.9. The highest BCUT2D eigenvalue weighted by atomic mass is 16.3. The number of hydrogen-bond acceptors (Lipinski definition) is 13. The molecule has 1 aliphatic rings. The van der Waals surface area contributed by atoms with Gasteiger partial charge >= 0.3 is 0 Å². The van der Waals surface area contributed by atoms with Crippen molar-refractivity contribution in [3.05, 3.63) is 30.1 Å². The van der Waals surface area contributed by atoms with Crippen molar-refractivity contribution in [2.24, 2.45) is 41.4 Å². The van der Waals surface area contributed by atoms with E-state index in [4.69, 9.17) is 0 Å². The molecule has 11 amide bonds. The van der Waals surface area contributed by atoms with Crippen LogP contribution in [0, 0.1) is 41.4 Å². The summed E-state index contributed by atoms with van der Waals surface area (Å²) in [6, 6.07) is -8.03. The molecule has 0 aliphatic carbocycles. The third-order valence-electron chi connectivity index (χ3n) is 17.9. The van der Waals surface area contributed by atoms with Crippen LogP contribution in [0.4, 0.5) is 0 Å². The second-order valence-electron chi connectivity index (χ2n) is 28.2. The molecule has 0 saturated carbocycles. The van der Waals surface area contributed by atoms with Crippen LogP contribution in [0.3, 0.4) is 0 Å². The Hall–Kier alpha value is -6.72. The summed E-state index contributed by atoms with van der Waals surface area (Å²) < 4.78 is 0. The topological polar surface area (TPSA) is 292 Å². The van der Waals surface area contributed by atoms with Gasteiger partial charge in [-0.05, 0) is 126 Å². The van der Waals surface area contributed by atoms with Crippen LogP contribution in [0.15, 0.2) is 24.4 Å². The van der Waals surface area contributed by atoms with Gasteiger partial charge in [-0.25, -0.2) is 0 Å². The van der Waals surface area contributed by atoms with Crippen molar-refractivity contribution in [1.29, 1.82) is 0 Å². The number of carbonyl (C=O) groups is 11. The molecule has 0 aromatic carbocycles. The van der Waals surface area contributed by atoms with Gasteiger partial charge in [-0.1, -0.05) is 109 Å². The Kier molecular flexibility index (Phi) is 32.9. The molecule has 522 valence electrons. The fourth-order valence-electron chi connectivity index (χ4n) is 11.9. The van der Waals surface area contributed by atoms with E-state index in [0.29, 0.717) is 25.7 Å². The second kappa shape index (κ2) is 37.2. The lowest BCUT2D eigenvalue weighted by Crippen LogP contribution is -2.64. The molecular weight excluding hydrogens is 1180 g/mol. The van der Waals surface area contributed by atoms with Gasteiger partial charge in [-0.15, -0.1) is 0 Å². The summed E-state index contributed by atoms with van der Waals surface area (Å²) >= 11 is 0. The van der Waals surface area contributed by atoms with Gasteiger partial charge in [-0.2, -0.15) is 0 Å². The summed E-state index contributed by atoms with van der Waals surface area (Å²) in [6.07, 6.45) is 3.24. The minimum absolute atomic E-state index is 0.0106. The van der Waals surface area contributed by atoms with Crippen molar-refractivity contribution in [2.45, 2.75) is 248 Å². The van der Waals surface area contributed by atoms with Gasteiger partial charge in [0.15, 0.2) is 0 Å². The molecule has 0 radical (unpaired) electrons. The van der Waals surface area contributed by atoms with E-state index in [-0.39, 0.29) is 55.8 Å². The monoisotopic (exact) mass is 1290 g/mol. The number of rotatable bonds is 18. The maximum Gasteiger partial charge on any atom is 0.246 e. The zero-order valence-electron chi connectivity index (χ0n) is 60.2. The summed E-state index contributed by atoms with van der Waals surface area (Å²) in [4.78, 5) is 175. The molecule has 0 bridgehead atoms. The molecule has 2 heterocycles. The maximum atomic E-state index is 15.4. The fourth-order valence-corrected chi connectivity index (χ4v) is 11.9. The Morgan fingerprint density at radius 2 is 0.891 bits per heavy atom. The first kappa shape index (κ1) is 81.4. The van der Waals surface area contributed by atoms with Crippen LogP contribution in [-0.2, 0) is 59.2 Å². The average molecular weight is 1300 g/mol. The van der Waals surface area contributed by atoms with Crippen molar-refractivity contribution in [3.8, 4) is 0 Å². The molecule has 0 unspecified atom stereocenters. The molecule has 1 aromatic heterocycles. The van der Waals surface area contributed by atoms with Crippen LogP contribution in [0.1, 0.15) is 175 Å². The molecule has 1 aliphatic heterocycles. The van der Waals surface area contributed by atoms with E-state index in [0.717, 1.165) is 10.6 Å². The molecule has 1 fully saturated rings. The highest BCUT2D eigenvalue weighted by Gasteiger charge is 2.46.